The van der Waals surface area contributed by atoms with E-state index in [9.17, 15) is 0 Å². The number of nitrogens with one attached hydrogen (secondary N) is 1. The molecule has 3 unspecified atom stereocenters. The lowest BCUT2D eigenvalue weighted by Gasteiger charge is -2.20. The second-order valence-electron chi connectivity index (χ2n) is 5.14. The molecule has 1 fully saturated rings. The van der Waals surface area contributed by atoms with Crippen LogP contribution in [0.25, 0.3) is 0 Å². The van der Waals surface area contributed by atoms with Gasteiger partial charge in [0, 0.05) is 31.5 Å². The van der Waals surface area contributed by atoms with E-state index in [-0.39, 0.29) is 0 Å². The van der Waals surface area contributed by atoms with Crippen LogP contribution in [0.5, 0.6) is 0 Å². The van der Waals surface area contributed by atoms with E-state index in [1.807, 2.05) is 6.20 Å². The fourth-order valence-corrected chi connectivity index (χ4v) is 2.66. The van der Waals surface area contributed by atoms with Crippen molar-refractivity contribution in [3.63, 3.8) is 0 Å². The van der Waals surface area contributed by atoms with E-state index in [4.69, 9.17) is 0 Å². The van der Waals surface area contributed by atoms with Crippen molar-refractivity contribution in [1.82, 2.24) is 14.9 Å². The number of aromatic nitrogens is 2. The Hall–Kier alpha value is -0.830. The van der Waals surface area contributed by atoms with Gasteiger partial charge in [-0.1, -0.05) is 13.8 Å². The lowest BCUT2D eigenvalue weighted by molar-refractivity contribution is 0.365. The van der Waals surface area contributed by atoms with Crippen LogP contribution in [0.3, 0.4) is 0 Å². The minimum atomic E-state index is 0.721. The summed E-state index contributed by atoms with van der Waals surface area (Å²) in [4.78, 5) is 4.23. The number of aryl methyl sites for hydroxylation is 1. The minimum absolute atomic E-state index is 0.721. The van der Waals surface area contributed by atoms with Gasteiger partial charge in [-0.15, -0.1) is 0 Å². The topological polar surface area (TPSA) is 29.9 Å². The van der Waals surface area contributed by atoms with Crippen LogP contribution < -0.4 is 5.32 Å². The number of rotatable bonds is 4. The third-order valence-corrected chi connectivity index (χ3v) is 4.15. The standard InChI is InChI=1S/C13H23N3/c1-10-4-5-13(11(10)2)15-7-9-16-8-6-14-12(16)3/h6,8,10-11,13,15H,4-5,7,9H2,1-3H3. The number of hydrogen-bond acceptors (Lipinski definition) is 2. The highest BCUT2D eigenvalue weighted by Gasteiger charge is 2.28. The number of nitrogens with zero attached hydrogens (tertiary/aromatic N) is 2. The summed E-state index contributed by atoms with van der Waals surface area (Å²) in [6.07, 6.45) is 6.64. The van der Waals surface area contributed by atoms with Gasteiger partial charge in [0.25, 0.3) is 0 Å². The van der Waals surface area contributed by atoms with Gasteiger partial charge in [0.05, 0.1) is 0 Å². The Labute approximate surface area is 98.3 Å². The van der Waals surface area contributed by atoms with Crippen LogP contribution >= 0.6 is 0 Å². The molecule has 90 valence electrons. The molecule has 0 spiro atoms. The first kappa shape index (κ1) is 11.6. The van der Waals surface area contributed by atoms with Gasteiger partial charge in [0.15, 0.2) is 0 Å². The first-order valence-corrected chi connectivity index (χ1v) is 6.39. The number of hydrogen-bond donors (Lipinski definition) is 1. The van der Waals surface area contributed by atoms with Gasteiger partial charge >= 0.3 is 0 Å². The van der Waals surface area contributed by atoms with Crippen LogP contribution in [-0.2, 0) is 6.54 Å². The fourth-order valence-electron chi connectivity index (χ4n) is 2.66. The summed E-state index contributed by atoms with van der Waals surface area (Å²) in [6, 6.07) is 0.721. The molecule has 1 aliphatic carbocycles. The lowest BCUT2D eigenvalue weighted by Crippen LogP contribution is -2.34. The van der Waals surface area contributed by atoms with E-state index in [0.29, 0.717) is 0 Å². The molecule has 3 heteroatoms. The Morgan fingerprint density at radius 1 is 1.44 bits per heavy atom. The van der Waals surface area contributed by atoms with Crippen LogP contribution in [0.15, 0.2) is 12.4 Å². The average Bonchev–Trinajstić information content (AvgIpc) is 2.80. The molecule has 1 aromatic rings. The molecule has 1 aliphatic rings. The first-order chi connectivity index (χ1) is 7.68. The Morgan fingerprint density at radius 3 is 2.81 bits per heavy atom. The zero-order chi connectivity index (χ0) is 11.5. The largest absolute Gasteiger partial charge is 0.334 e. The van der Waals surface area contributed by atoms with Crippen molar-refractivity contribution >= 4 is 0 Å². The molecule has 1 N–H and O–H groups in total. The molecular weight excluding hydrogens is 198 g/mol. The third kappa shape index (κ3) is 2.46. The van der Waals surface area contributed by atoms with Gasteiger partial charge in [-0.3, -0.25) is 0 Å². The Kier molecular flexibility index (Phi) is 3.64. The summed E-state index contributed by atoms with van der Waals surface area (Å²) in [5, 5.41) is 3.68. The maximum absolute atomic E-state index is 4.23. The lowest BCUT2D eigenvalue weighted by atomic mass is 9.98. The molecular formula is C13H23N3. The molecule has 0 saturated heterocycles. The second-order valence-corrected chi connectivity index (χ2v) is 5.14. The van der Waals surface area contributed by atoms with Gasteiger partial charge in [-0.05, 0) is 31.6 Å². The van der Waals surface area contributed by atoms with Crippen molar-refractivity contribution in [2.24, 2.45) is 11.8 Å². The van der Waals surface area contributed by atoms with Gasteiger partial charge in [0.1, 0.15) is 5.82 Å². The zero-order valence-electron chi connectivity index (χ0n) is 10.6. The maximum atomic E-state index is 4.23. The van der Waals surface area contributed by atoms with Crippen LogP contribution in [0.4, 0.5) is 0 Å². The van der Waals surface area contributed by atoms with Crippen molar-refractivity contribution in [2.45, 2.75) is 46.2 Å². The minimum Gasteiger partial charge on any atom is -0.334 e. The highest BCUT2D eigenvalue weighted by atomic mass is 15.1. The summed E-state index contributed by atoms with van der Waals surface area (Å²) < 4.78 is 2.20. The molecule has 1 heterocycles. The summed E-state index contributed by atoms with van der Waals surface area (Å²) in [5.74, 6) is 2.81. The highest BCUT2D eigenvalue weighted by molar-refractivity contribution is 4.89. The predicted octanol–water partition coefficient (Wildman–Crippen LogP) is 2.22. The summed E-state index contributed by atoms with van der Waals surface area (Å²) in [5.41, 5.74) is 0. The first-order valence-electron chi connectivity index (χ1n) is 6.39. The van der Waals surface area contributed by atoms with E-state index in [2.05, 4.69) is 41.8 Å². The summed E-state index contributed by atoms with van der Waals surface area (Å²) >= 11 is 0. The van der Waals surface area contributed by atoms with Crippen LogP contribution in [0.1, 0.15) is 32.5 Å². The van der Waals surface area contributed by atoms with Gasteiger partial charge in [-0.25, -0.2) is 4.98 Å². The molecule has 1 saturated carbocycles. The third-order valence-electron chi connectivity index (χ3n) is 4.15. The molecule has 3 atom stereocenters. The van der Waals surface area contributed by atoms with Crippen molar-refractivity contribution < 1.29 is 0 Å². The zero-order valence-corrected chi connectivity index (χ0v) is 10.6. The van der Waals surface area contributed by atoms with Gasteiger partial charge < -0.3 is 9.88 Å². The quantitative estimate of drug-likeness (QED) is 0.845. The maximum Gasteiger partial charge on any atom is 0.105 e. The second kappa shape index (κ2) is 5.00. The predicted molar refractivity (Wildman–Crippen MR) is 66.3 cm³/mol. The molecule has 2 rings (SSSR count). The van der Waals surface area contributed by atoms with Crippen molar-refractivity contribution in [3.05, 3.63) is 18.2 Å². The normalized spacial score (nSPS) is 29.8. The number of imidazole rings is 1. The van der Waals surface area contributed by atoms with Gasteiger partial charge in [0.2, 0.25) is 0 Å². The van der Waals surface area contributed by atoms with E-state index in [1.165, 1.54) is 12.8 Å². The Morgan fingerprint density at radius 2 is 2.25 bits per heavy atom. The molecule has 0 bridgehead atoms. The molecule has 1 aromatic heterocycles. The summed E-state index contributed by atoms with van der Waals surface area (Å²) in [6.45, 7) is 8.88. The van der Waals surface area contributed by atoms with Crippen LogP contribution in [0, 0.1) is 18.8 Å². The SMILES string of the molecule is Cc1nccn1CCNC1CCC(C)C1C. The van der Waals surface area contributed by atoms with Gasteiger partial charge in [-0.2, -0.15) is 0 Å². The molecule has 0 amide bonds. The molecule has 0 aromatic carbocycles. The average molecular weight is 221 g/mol. The van der Waals surface area contributed by atoms with E-state index in [1.54, 1.807) is 0 Å². The van der Waals surface area contributed by atoms with Crippen LogP contribution in [0.2, 0.25) is 0 Å². The highest BCUT2D eigenvalue weighted by Crippen LogP contribution is 2.30. The van der Waals surface area contributed by atoms with Crippen molar-refractivity contribution in [1.29, 1.82) is 0 Å². The fraction of sp³-hybridized carbons (Fsp3) is 0.769. The smallest absolute Gasteiger partial charge is 0.105 e. The summed E-state index contributed by atoms with van der Waals surface area (Å²) in [7, 11) is 0. The molecule has 0 radical (unpaired) electrons. The van der Waals surface area contributed by atoms with Crippen molar-refractivity contribution in [2.75, 3.05) is 6.54 Å². The monoisotopic (exact) mass is 221 g/mol. The van der Waals surface area contributed by atoms with Crippen LogP contribution in [-0.4, -0.2) is 22.1 Å². The van der Waals surface area contributed by atoms with E-state index in [0.717, 1.165) is 36.8 Å². The van der Waals surface area contributed by atoms with Crippen molar-refractivity contribution in [3.8, 4) is 0 Å². The molecule has 16 heavy (non-hydrogen) atoms. The molecule has 3 nitrogen and oxygen atoms in total. The molecule has 0 aliphatic heterocycles. The Bertz CT molecular complexity index is 332. The van der Waals surface area contributed by atoms with E-state index < -0.39 is 0 Å². The Balaban J connectivity index is 1.75. The van der Waals surface area contributed by atoms with E-state index >= 15 is 0 Å².